The van der Waals surface area contributed by atoms with Crippen LogP contribution in [0.1, 0.15) is 22.8 Å². The van der Waals surface area contributed by atoms with Gasteiger partial charge in [0.25, 0.3) is 5.91 Å². The molecule has 1 rings (SSSR count). The predicted octanol–water partition coefficient (Wildman–Crippen LogP) is 1.07. The van der Waals surface area contributed by atoms with E-state index in [9.17, 15) is 9.00 Å². The highest BCUT2D eigenvalue weighted by atomic mass is 32.2. The van der Waals surface area contributed by atoms with Gasteiger partial charge in [-0.15, -0.1) is 0 Å². The monoisotopic (exact) mass is 254 g/mol. The molecule has 0 aliphatic rings. The summed E-state index contributed by atoms with van der Waals surface area (Å²) in [4.78, 5) is 11.9. The summed E-state index contributed by atoms with van der Waals surface area (Å²) in [6.45, 7) is 3.73. The van der Waals surface area contributed by atoms with Gasteiger partial charge in [0, 0.05) is 34.5 Å². The van der Waals surface area contributed by atoms with Crippen LogP contribution in [0, 0.1) is 6.92 Å². The molecule has 0 heterocycles. The number of benzene rings is 1. The molecule has 0 aliphatic heterocycles. The summed E-state index contributed by atoms with van der Waals surface area (Å²) in [5, 5.41) is 2.78. The maximum atomic E-state index is 11.9. The Hall–Kier alpha value is -1.36. The molecule has 4 nitrogen and oxygen atoms in total. The van der Waals surface area contributed by atoms with Gasteiger partial charge in [-0.05, 0) is 26.0 Å². The molecule has 1 amide bonds. The highest BCUT2D eigenvalue weighted by Gasteiger charge is 2.13. The molecular weight excluding hydrogens is 236 g/mol. The van der Waals surface area contributed by atoms with E-state index in [1.54, 1.807) is 18.4 Å². The van der Waals surface area contributed by atoms with Crippen molar-refractivity contribution in [3.63, 3.8) is 0 Å². The van der Waals surface area contributed by atoms with E-state index in [4.69, 9.17) is 5.73 Å². The second-order valence-electron chi connectivity index (χ2n) is 4.21. The Morgan fingerprint density at radius 2 is 2.18 bits per heavy atom. The Bertz CT molecular complexity index is 446. The smallest absolute Gasteiger partial charge is 0.253 e. The third kappa shape index (κ3) is 4.19. The lowest BCUT2D eigenvalue weighted by Crippen LogP contribution is -2.36. The molecular formula is C12H18N2O2S. The first-order valence-electron chi connectivity index (χ1n) is 5.37. The van der Waals surface area contributed by atoms with E-state index in [1.165, 1.54) is 0 Å². The number of carbonyl (C=O) groups excluding carboxylic acids is 1. The predicted molar refractivity (Wildman–Crippen MR) is 71.5 cm³/mol. The minimum absolute atomic E-state index is 0.131. The molecule has 1 aromatic rings. The van der Waals surface area contributed by atoms with Crippen LogP contribution >= 0.6 is 0 Å². The van der Waals surface area contributed by atoms with Crippen molar-refractivity contribution in [2.75, 3.05) is 17.7 Å². The normalized spacial score (nSPS) is 14.1. The Morgan fingerprint density at radius 3 is 2.76 bits per heavy atom. The minimum Gasteiger partial charge on any atom is -0.398 e. The number of nitrogens with one attached hydrogen (secondary N) is 1. The molecule has 0 aliphatic carbocycles. The lowest BCUT2D eigenvalue weighted by atomic mass is 10.1. The number of nitrogen functional groups attached to an aromatic ring is 1. The lowest BCUT2D eigenvalue weighted by Gasteiger charge is -2.13. The van der Waals surface area contributed by atoms with Gasteiger partial charge in [-0.1, -0.05) is 11.6 Å². The number of hydrogen-bond acceptors (Lipinski definition) is 3. The molecule has 5 heteroatoms. The molecule has 2 unspecified atom stereocenters. The zero-order chi connectivity index (χ0) is 13.0. The van der Waals surface area contributed by atoms with E-state index in [-0.39, 0.29) is 11.9 Å². The van der Waals surface area contributed by atoms with Crippen molar-refractivity contribution in [1.29, 1.82) is 0 Å². The molecule has 0 bridgehead atoms. The van der Waals surface area contributed by atoms with Gasteiger partial charge in [-0.2, -0.15) is 0 Å². The Balaban J connectivity index is 2.76. The molecule has 0 saturated carbocycles. The van der Waals surface area contributed by atoms with Gasteiger partial charge >= 0.3 is 0 Å². The number of carbonyl (C=O) groups is 1. The highest BCUT2D eigenvalue weighted by molar-refractivity contribution is 7.84. The summed E-state index contributed by atoms with van der Waals surface area (Å²) in [7, 11) is -0.924. The summed E-state index contributed by atoms with van der Waals surface area (Å²) in [5.41, 5.74) is 7.66. The number of aryl methyl sites for hydroxylation is 1. The number of rotatable bonds is 4. The van der Waals surface area contributed by atoms with Crippen LogP contribution in [0.4, 0.5) is 5.69 Å². The van der Waals surface area contributed by atoms with E-state index >= 15 is 0 Å². The molecule has 2 atom stereocenters. The number of nitrogens with two attached hydrogens (primary N) is 1. The van der Waals surface area contributed by atoms with E-state index in [0.717, 1.165) is 5.56 Å². The molecule has 17 heavy (non-hydrogen) atoms. The SMILES string of the molecule is Cc1ccc(N)c(C(=O)NC(C)CS(C)=O)c1. The van der Waals surface area contributed by atoms with Gasteiger partial charge in [0.05, 0.1) is 5.56 Å². The first-order valence-corrected chi connectivity index (χ1v) is 7.10. The van der Waals surface area contributed by atoms with Gasteiger partial charge in [0.2, 0.25) is 0 Å². The average molecular weight is 254 g/mol. The molecule has 0 aromatic heterocycles. The fourth-order valence-corrected chi connectivity index (χ4v) is 2.35. The second-order valence-corrected chi connectivity index (χ2v) is 5.68. The van der Waals surface area contributed by atoms with E-state index in [2.05, 4.69) is 5.32 Å². The Morgan fingerprint density at radius 1 is 1.53 bits per heavy atom. The van der Waals surface area contributed by atoms with Gasteiger partial charge in [-0.3, -0.25) is 9.00 Å². The average Bonchev–Trinajstić information content (AvgIpc) is 2.20. The number of anilines is 1. The van der Waals surface area contributed by atoms with Gasteiger partial charge in [0.1, 0.15) is 0 Å². The van der Waals surface area contributed by atoms with Crippen LogP contribution in [0.15, 0.2) is 18.2 Å². The van der Waals surface area contributed by atoms with Crippen molar-refractivity contribution in [3.8, 4) is 0 Å². The third-order valence-electron chi connectivity index (χ3n) is 2.32. The first kappa shape index (κ1) is 13.7. The third-order valence-corrected chi connectivity index (χ3v) is 3.29. The van der Waals surface area contributed by atoms with Crippen LogP contribution in [-0.4, -0.2) is 28.2 Å². The van der Waals surface area contributed by atoms with Crippen LogP contribution in [-0.2, 0) is 10.8 Å². The zero-order valence-corrected chi connectivity index (χ0v) is 11.1. The molecule has 0 radical (unpaired) electrons. The fraction of sp³-hybridized carbons (Fsp3) is 0.417. The molecule has 0 spiro atoms. The molecule has 0 fully saturated rings. The maximum Gasteiger partial charge on any atom is 0.253 e. The van der Waals surface area contributed by atoms with E-state index < -0.39 is 10.8 Å². The van der Waals surface area contributed by atoms with Crippen molar-refractivity contribution in [1.82, 2.24) is 5.32 Å². The fourth-order valence-electron chi connectivity index (χ4n) is 1.56. The molecule has 1 aromatic carbocycles. The van der Waals surface area contributed by atoms with Crippen LogP contribution in [0.25, 0.3) is 0 Å². The van der Waals surface area contributed by atoms with Crippen LogP contribution in [0.5, 0.6) is 0 Å². The van der Waals surface area contributed by atoms with Crippen LogP contribution < -0.4 is 11.1 Å². The van der Waals surface area contributed by atoms with Crippen LogP contribution in [0.3, 0.4) is 0 Å². The Kier molecular flexibility index (Phi) is 4.69. The minimum atomic E-state index is -0.924. The van der Waals surface area contributed by atoms with Crippen LogP contribution in [0.2, 0.25) is 0 Å². The van der Waals surface area contributed by atoms with E-state index in [1.807, 2.05) is 19.9 Å². The number of hydrogen-bond donors (Lipinski definition) is 2. The maximum absolute atomic E-state index is 11.9. The summed E-state index contributed by atoms with van der Waals surface area (Å²) >= 11 is 0. The van der Waals surface area contributed by atoms with Crippen molar-refractivity contribution in [3.05, 3.63) is 29.3 Å². The summed E-state index contributed by atoms with van der Waals surface area (Å²) in [6, 6.07) is 5.19. The molecule has 0 saturated heterocycles. The lowest BCUT2D eigenvalue weighted by molar-refractivity contribution is 0.0944. The summed E-state index contributed by atoms with van der Waals surface area (Å²) in [5.74, 6) is 0.224. The van der Waals surface area contributed by atoms with Crippen molar-refractivity contribution < 1.29 is 9.00 Å². The van der Waals surface area contributed by atoms with Crippen molar-refractivity contribution in [2.24, 2.45) is 0 Å². The quantitative estimate of drug-likeness (QED) is 0.790. The Labute approximate surface area is 104 Å². The second kappa shape index (κ2) is 5.82. The van der Waals surface area contributed by atoms with E-state index in [0.29, 0.717) is 17.0 Å². The topological polar surface area (TPSA) is 72.2 Å². The standard InChI is InChI=1S/C12H18N2O2S/c1-8-4-5-11(13)10(6-8)12(15)14-9(2)7-17(3)16/h4-6,9H,7,13H2,1-3H3,(H,14,15). The number of amides is 1. The molecule has 94 valence electrons. The first-order chi connectivity index (χ1) is 7.90. The van der Waals surface area contributed by atoms with Gasteiger partial charge in [-0.25, -0.2) is 0 Å². The summed E-state index contributed by atoms with van der Waals surface area (Å²) < 4.78 is 11.0. The van der Waals surface area contributed by atoms with Gasteiger partial charge in [0.15, 0.2) is 0 Å². The summed E-state index contributed by atoms with van der Waals surface area (Å²) in [6.07, 6.45) is 1.61. The van der Waals surface area contributed by atoms with Crippen molar-refractivity contribution in [2.45, 2.75) is 19.9 Å². The largest absolute Gasteiger partial charge is 0.398 e. The molecule has 3 N–H and O–H groups in total. The highest BCUT2D eigenvalue weighted by Crippen LogP contribution is 2.13. The zero-order valence-electron chi connectivity index (χ0n) is 10.3. The van der Waals surface area contributed by atoms with Gasteiger partial charge < -0.3 is 11.1 Å². The van der Waals surface area contributed by atoms with Crippen molar-refractivity contribution >= 4 is 22.4 Å².